The molecule has 5 heteroatoms. The first-order valence-electron chi connectivity index (χ1n) is 9.34. The summed E-state index contributed by atoms with van der Waals surface area (Å²) in [4.78, 5) is 38.7. The molecule has 3 fully saturated rings. The van der Waals surface area contributed by atoms with E-state index >= 15 is 0 Å². The van der Waals surface area contributed by atoms with Crippen molar-refractivity contribution in [2.45, 2.75) is 57.5 Å². The number of imide groups is 1. The number of rotatable bonds is 3. The topological polar surface area (TPSA) is 63.7 Å². The molecule has 0 bridgehead atoms. The monoisotopic (exact) mass is 341 g/mol. The zero-order valence-corrected chi connectivity index (χ0v) is 14.3. The molecule has 1 aromatic rings. The SMILES string of the molecule is O=C(OC1CCCC1)c1ccc(N2C(=O)C3CCCCC3C2=O)cc1. The lowest BCUT2D eigenvalue weighted by atomic mass is 9.81. The molecule has 25 heavy (non-hydrogen) atoms. The number of amides is 2. The van der Waals surface area contributed by atoms with Crippen molar-refractivity contribution in [3.8, 4) is 0 Å². The molecule has 2 saturated carbocycles. The standard InChI is InChI=1S/C20H23NO4/c22-18-16-7-3-4-8-17(16)19(23)21(18)14-11-9-13(10-12-14)20(24)25-15-5-1-2-6-15/h9-12,15-17H,1-8H2. The van der Waals surface area contributed by atoms with E-state index in [1.54, 1.807) is 24.3 Å². The van der Waals surface area contributed by atoms with E-state index in [2.05, 4.69) is 0 Å². The minimum Gasteiger partial charge on any atom is -0.459 e. The fraction of sp³-hybridized carbons (Fsp3) is 0.550. The molecular formula is C20H23NO4. The van der Waals surface area contributed by atoms with Gasteiger partial charge in [-0.15, -0.1) is 0 Å². The van der Waals surface area contributed by atoms with Crippen LogP contribution in [-0.4, -0.2) is 23.9 Å². The minimum atomic E-state index is -0.328. The van der Waals surface area contributed by atoms with Crippen molar-refractivity contribution in [2.75, 3.05) is 4.90 Å². The number of esters is 1. The molecule has 1 saturated heterocycles. The van der Waals surface area contributed by atoms with Gasteiger partial charge in [0.1, 0.15) is 6.10 Å². The quantitative estimate of drug-likeness (QED) is 0.624. The largest absolute Gasteiger partial charge is 0.459 e. The Bertz CT molecular complexity index is 666. The van der Waals surface area contributed by atoms with Gasteiger partial charge in [0.2, 0.25) is 11.8 Å². The number of carbonyl (C=O) groups excluding carboxylic acids is 3. The van der Waals surface area contributed by atoms with Gasteiger partial charge in [-0.25, -0.2) is 4.79 Å². The van der Waals surface area contributed by atoms with Crippen LogP contribution in [0.3, 0.4) is 0 Å². The van der Waals surface area contributed by atoms with Gasteiger partial charge >= 0.3 is 5.97 Å². The number of ether oxygens (including phenoxy) is 1. The van der Waals surface area contributed by atoms with Crippen LogP contribution in [-0.2, 0) is 14.3 Å². The average Bonchev–Trinajstić information content (AvgIpc) is 3.23. The van der Waals surface area contributed by atoms with Crippen molar-refractivity contribution in [1.82, 2.24) is 0 Å². The van der Waals surface area contributed by atoms with E-state index in [9.17, 15) is 14.4 Å². The Morgan fingerprint density at radius 2 is 1.36 bits per heavy atom. The summed E-state index contributed by atoms with van der Waals surface area (Å²) in [7, 11) is 0. The van der Waals surface area contributed by atoms with E-state index in [1.165, 1.54) is 4.90 Å². The summed E-state index contributed by atoms with van der Waals surface area (Å²) in [6, 6.07) is 6.65. The van der Waals surface area contributed by atoms with Crippen LogP contribution in [0.25, 0.3) is 0 Å². The lowest BCUT2D eigenvalue weighted by Crippen LogP contribution is -2.30. The van der Waals surface area contributed by atoms with Crippen LogP contribution < -0.4 is 4.90 Å². The second kappa shape index (κ2) is 6.62. The summed E-state index contributed by atoms with van der Waals surface area (Å²) in [5.41, 5.74) is 1.02. The van der Waals surface area contributed by atoms with Crippen molar-refractivity contribution < 1.29 is 19.1 Å². The Labute approximate surface area is 147 Å². The number of fused-ring (bicyclic) bond motifs is 1. The number of anilines is 1. The number of hydrogen-bond acceptors (Lipinski definition) is 4. The zero-order valence-electron chi connectivity index (χ0n) is 14.3. The van der Waals surface area contributed by atoms with Gasteiger partial charge in [0, 0.05) is 0 Å². The van der Waals surface area contributed by atoms with Gasteiger partial charge in [-0.3, -0.25) is 14.5 Å². The summed E-state index contributed by atoms with van der Waals surface area (Å²) in [6.45, 7) is 0. The molecule has 3 aliphatic rings. The molecule has 1 aliphatic heterocycles. The number of nitrogens with zero attached hydrogens (tertiary/aromatic N) is 1. The predicted molar refractivity (Wildman–Crippen MR) is 92.1 cm³/mol. The van der Waals surface area contributed by atoms with Gasteiger partial charge < -0.3 is 4.74 Å². The molecule has 0 spiro atoms. The van der Waals surface area contributed by atoms with Gasteiger partial charge in [0.15, 0.2) is 0 Å². The van der Waals surface area contributed by atoms with E-state index in [4.69, 9.17) is 4.74 Å². The fourth-order valence-electron chi connectivity index (χ4n) is 4.39. The maximum atomic E-state index is 12.6. The first-order chi connectivity index (χ1) is 12.1. The van der Waals surface area contributed by atoms with Gasteiger partial charge in [-0.1, -0.05) is 12.8 Å². The van der Waals surface area contributed by atoms with Gasteiger partial charge in [0.05, 0.1) is 23.1 Å². The molecule has 2 unspecified atom stereocenters. The third-order valence-corrected chi connectivity index (χ3v) is 5.78. The number of carbonyl (C=O) groups is 3. The average molecular weight is 341 g/mol. The van der Waals surface area contributed by atoms with Gasteiger partial charge in [-0.05, 0) is 62.8 Å². The van der Waals surface area contributed by atoms with E-state index in [-0.39, 0.29) is 35.7 Å². The van der Waals surface area contributed by atoms with Crippen LogP contribution >= 0.6 is 0 Å². The molecule has 132 valence electrons. The summed E-state index contributed by atoms with van der Waals surface area (Å²) in [5, 5.41) is 0. The number of benzene rings is 1. The second-order valence-electron chi connectivity index (χ2n) is 7.37. The third kappa shape index (κ3) is 2.96. The predicted octanol–water partition coefficient (Wildman–Crippen LogP) is 3.47. The molecule has 5 nitrogen and oxygen atoms in total. The van der Waals surface area contributed by atoms with E-state index in [0.29, 0.717) is 11.3 Å². The highest BCUT2D eigenvalue weighted by Crippen LogP contribution is 2.40. The molecule has 2 amide bonds. The highest BCUT2D eigenvalue weighted by Gasteiger charge is 2.48. The van der Waals surface area contributed by atoms with Crippen LogP contribution in [0.4, 0.5) is 5.69 Å². The molecule has 1 heterocycles. The maximum Gasteiger partial charge on any atom is 0.338 e. The Hall–Kier alpha value is -2.17. The van der Waals surface area contributed by atoms with Gasteiger partial charge in [0.25, 0.3) is 0 Å². The lowest BCUT2D eigenvalue weighted by molar-refractivity contribution is -0.122. The Balaban J connectivity index is 1.49. The van der Waals surface area contributed by atoms with Crippen molar-refractivity contribution in [3.05, 3.63) is 29.8 Å². The summed E-state index contributed by atoms with van der Waals surface area (Å²) in [6.07, 6.45) is 7.75. The van der Waals surface area contributed by atoms with E-state index < -0.39 is 0 Å². The highest BCUT2D eigenvalue weighted by atomic mass is 16.5. The molecule has 1 aromatic carbocycles. The lowest BCUT2D eigenvalue weighted by Gasteiger charge is -2.19. The summed E-state index contributed by atoms with van der Waals surface area (Å²) >= 11 is 0. The first kappa shape index (κ1) is 16.3. The Kier molecular flexibility index (Phi) is 4.32. The Morgan fingerprint density at radius 1 is 0.840 bits per heavy atom. The zero-order chi connectivity index (χ0) is 17.4. The molecule has 0 radical (unpaired) electrons. The molecule has 0 N–H and O–H groups in total. The van der Waals surface area contributed by atoms with E-state index in [0.717, 1.165) is 51.4 Å². The molecule has 2 atom stereocenters. The van der Waals surface area contributed by atoms with Crippen molar-refractivity contribution in [1.29, 1.82) is 0 Å². The highest BCUT2D eigenvalue weighted by molar-refractivity contribution is 6.22. The van der Waals surface area contributed by atoms with E-state index in [1.807, 2.05) is 0 Å². The van der Waals surface area contributed by atoms with Crippen molar-refractivity contribution >= 4 is 23.5 Å². The molecule has 2 aliphatic carbocycles. The summed E-state index contributed by atoms with van der Waals surface area (Å²) < 4.78 is 5.50. The normalized spacial score (nSPS) is 26.8. The van der Waals surface area contributed by atoms with Crippen molar-refractivity contribution in [3.63, 3.8) is 0 Å². The van der Waals surface area contributed by atoms with Gasteiger partial charge in [-0.2, -0.15) is 0 Å². The molecule has 4 rings (SSSR count). The van der Waals surface area contributed by atoms with Crippen molar-refractivity contribution in [2.24, 2.45) is 11.8 Å². The van der Waals surface area contributed by atoms with Crippen LogP contribution in [0.2, 0.25) is 0 Å². The molecule has 0 aromatic heterocycles. The summed E-state index contributed by atoms with van der Waals surface area (Å²) in [5.74, 6) is -0.820. The van der Waals surface area contributed by atoms with Crippen LogP contribution in [0.5, 0.6) is 0 Å². The minimum absolute atomic E-state index is 0.0250. The third-order valence-electron chi connectivity index (χ3n) is 5.78. The van der Waals surface area contributed by atoms with Crippen LogP contribution in [0.1, 0.15) is 61.7 Å². The second-order valence-corrected chi connectivity index (χ2v) is 7.37. The smallest absolute Gasteiger partial charge is 0.338 e. The first-order valence-corrected chi connectivity index (χ1v) is 9.34. The Morgan fingerprint density at radius 3 is 1.92 bits per heavy atom. The maximum absolute atomic E-state index is 12.6. The fourth-order valence-corrected chi connectivity index (χ4v) is 4.39. The van der Waals surface area contributed by atoms with Crippen LogP contribution in [0.15, 0.2) is 24.3 Å². The number of hydrogen-bond donors (Lipinski definition) is 0. The van der Waals surface area contributed by atoms with Crippen LogP contribution in [0, 0.1) is 11.8 Å². The molecular weight excluding hydrogens is 318 g/mol.